The van der Waals surface area contributed by atoms with Crippen LogP contribution in [-0.4, -0.2) is 53.7 Å². The van der Waals surface area contributed by atoms with E-state index in [4.69, 9.17) is 4.74 Å². The van der Waals surface area contributed by atoms with Crippen LogP contribution in [0.4, 0.5) is 10.5 Å². The number of anilines is 1. The molecule has 0 radical (unpaired) electrons. The molecule has 7 nitrogen and oxygen atoms in total. The van der Waals surface area contributed by atoms with Gasteiger partial charge < -0.3 is 20.3 Å². The van der Waals surface area contributed by atoms with Gasteiger partial charge >= 0.3 is 6.03 Å². The molecule has 1 aliphatic rings. The monoisotopic (exact) mass is 306 g/mol. The maximum Gasteiger partial charge on any atom is 0.319 e. The lowest BCUT2D eigenvalue weighted by molar-refractivity contribution is -0.143. The fourth-order valence-corrected chi connectivity index (χ4v) is 2.43. The van der Waals surface area contributed by atoms with E-state index in [-0.39, 0.29) is 30.6 Å². The van der Waals surface area contributed by atoms with Gasteiger partial charge in [0.2, 0.25) is 5.91 Å². The summed E-state index contributed by atoms with van der Waals surface area (Å²) in [5.74, 6) is 0.0312. The molecule has 2 N–H and O–H groups in total. The first kappa shape index (κ1) is 16.2. The minimum Gasteiger partial charge on any atom is -0.372 e. The topological polar surface area (TPSA) is 83.6 Å². The molecule has 1 aromatic rings. The first-order valence-corrected chi connectivity index (χ1v) is 7.42. The van der Waals surface area contributed by atoms with Crippen molar-refractivity contribution >= 4 is 17.6 Å². The van der Waals surface area contributed by atoms with Crippen LogP contribution in [0.25, 0.3) is 0 Å². The molecule has 1 aromatic heterocycles. The Morgan fingerprint density at radius 3 is 2.73 bits per heavy atom. The quantitative estimate of drug-likeness (QED) is 0.876. The number of hydrogen-bond donors (Lipinski definition) is 2. The molecule has 0 aliphatic carbocycles. The van der Waals surface area contributed by atoms with Gasteiger partial charge in [0.05, 0.1) is 24.1 Å². The van der Waals surface area contributed by atoms with E-state index in [1.165, 1.54) is 0 Å². The fraction of sp³-hybridized carbons (Fsp3) is 0.533. The van der Waals surface area contributed by atoms with Crippen molar-refractivity contribution in [2.45, 2.75) is 32.5 Å². The molecule has 0 bridgehead atoms. The Morgan fingerprint density at radius 2 is 2.09 bits per heavy atom. The second-order valence-electron chi connectivity index (χ2n) is 5.43. The number of nitrogens with zero attached hydrogens (tertiary/aromatic N) is 2. The molecule has 0 saturated carbocycles. The summed E-state index contributed by atoms with van der Waals surface area (Å²) in [7, 11) is 0. The summed E-state index contributed by atoms with van der Waals surface area (Å²) in [5.41, 5.74) is 0.613. The Morgan fingerprint density at radius 1 is 1.36 bits per heavy atom. The number of urea groups is 1. The molecular formula is C15H22N4O3. The van der Waals surface area contributed by atoms with Gasteiger partial charge in [-0.1, -0.05) is 0 Å². The molecule has 0 unspecified atom stereocenters. The molecule has 3 amide bonds. The lowest BCUT2D eigenvalue weighted by Gasteiger charge is -2.35. The van der Waals surface area contributed by atoms with Gasteiger partial charge in [0.25, 0.3) is 0 Å². The number of hydrogen-bond acceptors (Lipinski definition) is 4. The van der Waals surface area contributed by atoms with E-state index in [2.05, 4.69) is 15.6 Å². The smallest absolute Gasteiger partial charge is 0.319 e. The average Bonchev–Trinajstić information content (AvgIpc) is 2.47. The normalized spacial score (nSPS) is 21.3. The second kappa shape index (κ2) is 7.74. The minimum absolute atomic E-state index is 0.0312. The Balaban J connectivity index is 1.69. The highest BCUT2D eigenvalue weighted by Crippen LogP contribution is 2.11. The number of morpholine rings is 1. The minimum atomic E-state index is -0.343. The Kier molecular flexibility index (Phi) is 5.71. The van der Waals surface area contributed by atoms with Crippen LogP contribution in [-0.2, 0) is 9.53 Å². The third-order valence-electron chi connectivity index (χ3n) is 3.32. The summed E-state index contributed by atoms with van der Waals surface area (Å²) in [5, 5.41) is 5.32. The van der Waals surface area contributed by atoms with Crippen LogP contribution < -0.4 is 10.6 Å². The first-order chi connectivity index (χ1) is 10.5. The van der Waals surface area contributed by atoms with E-state index in [0.717, 1.165) is 0 Å². The predicted molar refractivity (Wildman–Crippen MR) is 82.5 cm³/mol. The molecular weight excluding hydrogens is 284 g/mol. The zero-order valence-electron chi connectivity index (χ0n) is 12.9. The summed E-state index contributed by atoms with van der Waals surface area (Å²) >= 11 is 0. The standard InChI is InChI=1S/C15H22N4O3/c1-11-9-19(10-12(2)22-11)14(20)5-7-17-15(21)18-13-4-3-6-16-8-13/h3-4,6,8,11-12H,5,7,9-10H2,1-2H3,(H2,17,18,21)/t11-,12-/m0/s1. The van der Waals surface area contributed by atoms with Gasteiger partial charge in [-0.25, -0.2) is 4.79 Å². The zero-order chi connectivity index (χ0) is 15.9. The lowest BCUT2D eigenvalue weighted by Crippen LogP contribution is -2.48. The molecule has 7 heteroatoms. The van der Waals surface area contributed by atoms with Gasteiger partial charge in [0, 0.05) is 32.3 Å². The number of carbonyl (C=O) groups excluding carboxylic acids is 2. The van der Waals surface area contributed by atoms with Crippen molar-refractivity contribution in [2.24, 2.45) is 0 Å². The van der Waals surface area contributed by atoms with Gasteiger partial charge in [0.1, 0.15) is 0 Å². The Labute approximate surface area is 130 Å². The molecule has 1 saturated heterocycles. The summed E-state index contributed by atoms with van der Waals surface area (Å²) in [4.78, 5) is 29.5. The number of nitrogens with one attached hydrogen (secondary N) is 2. The fourth-order valence-electron chi connectivity index (χ4n) is 2.43. The van der Waals surface area contributed by atoms with Crippen LogP contribution in [0.15, 0.2) is 24.5 Å². The maximum atomic E-state index is 12.1. The highest BCUT2D eigenvalue weighted by molar-refractivity contribution is 5.89. The third-order valence-corrected chi connectivity index (χ3v) is 3.32. The van der Waals surface area contributed by atoms with Crippen molar-refractivity contribution in [3.63, 3.8) is 0 Å². The first-order valence-electron chi connectivity index (χ1n) is 7.42. The third kappa shape index (κ3) is 5.00. The number of ether oxygens (including phenoxy) is 1. The highest BCUT2D eigenvalue weighted by Gasteiger charge is 2.25. The Hall–Kier alpha value is -2.15. The molecule has 0 spiro atoms. The van der Waals surface area contributed by atoms with Gasteiger partial charge in [0.15, 0.2) is 0 Å². The van der Waals surface area contributed by atoms with Crippen molar-refractivity contribution in [3.8, 4) is 0 Å². The van der Waals surface area contributed by atoms with Crippen molar-refractivity contribution in [3.05, 3.63) is 24.5 Å². The van der Waals surface area contributed by atoms with E-state index in [1.807, 2.05) is 13.8 Å². The highest BCUT2D eigenvalue weighted by atomic mass is 16.5. The van der Waals surface area contributed by atoms with Gasteiger partial charge in [-0.2, -0.15) is 0 Å². The van der Waals surface area contributed by atoms with Crippen LogP contribution in [0.1, 0.15) is 20.3 Å². The molecule has 120 valence electrons. The lowest BCUT2D eigenvalue weighted by atomic mass is 10.2. The molecule has 22 heavy (non-hydrogen) atoms. The number of amides is 3. The molecule has 2 heterocycles. The average molecular weight is 306 g/mol. The maximum absolute atomic E-state index is 12.1. The van der Waals surface area contributed by atoms with Crippen molar-refractivity contribution in [1.29, 1.82) is 0 Å². The molecule has 1 aliphatic heterocycles. The molecule has 2 atom stereocenters. The Bertz CT molecular complexity index is 499. The number of rotatable bonds is 4. The predicted octanol–water partition coefficient (Wildman–Crippen LogP) is 1.23. The largest absolute Gasteiger partial charge is 0.372 e. The number of carbonyl (C=O) groups is 2. The molecule has 2 rings (SSSR count). The van der Waals surface area contributed by atoms with Crippen molar-refractivity contribution in [1.82, 2.24) is 15.2 Å². The number of pyridine rings is 1. The second-order valence-corrected chi connectivity index (χ2v) is 5.43. The van der Waals surface area contributed by atoms with E-state index in [1.54, 1.807) is 29.4 Å². The summed E-state index contributed by atoms with van der Waals surface area (Å²) in [6.45, 7) is 5.41. The van der Waals surface area contributed by atoms with Crippen LogP contribution in [0, 0.1) is 0 Å². The van der Waals surface area contributed by atoms with Crippen LogP contribution in [0.2, 0.25) is 0 Å². The van der Waals surface area contributed by atoms with Crippen molar-refractivity contribution < 1.29 is 14.3 Å². The van der Waals surface area contributed by atoms with Crippen LogP contribution >= 0.6 is 0 Å². The molecule has 1 fully saturated rings. The van der Waals surface area contributed by atoms with E-state index in [0.29, 0.717) is 25.3 Å². The van der Waals surface area contributed by atoms with E-state index in [9.17, 15) is 9.59 Å². The van der Waals surface area contributed by atoms with Crippen molar-refractivity contribution in [2.75, 3.05) is 25.0 Å². The summed E-state index contributed by atoms with van der Waals surface area (Å²) < 4.78 is 5.60. The SMILES string of the molecule is C[C@H]1CN(C(=O)CCNC(=O)Nc2cccnc2)C[C@H](C)O1. The number of aromatic nitrogens is 1. The van der Waals surface area contributed by atoms with Gasteiger partial charge in [-0.05, 0) is 26.0 Å². The summed E-state index contributed by atoms with van der Waals surface area (Å²) in [6.07, 6.45) is 3.57. The van der Waals surface area contributed by atoms with Gasteiger partial charge in [-0.3, -0.25) is 9.78 Å². The van der Waals surface area contributed by atoms with Crippen LogP contribution in [0.5, 0.6) is 0 Å². The summed E-state index contributed by atoms with van der Waals surface area (Å²) in [6, 6.07) is 3.14. The van der Waals surface area contributed by atoms with E-state index >= 15 is 0 Å². The molecule has 0 aromatic carbocycles. The van der Waals surface area contributed by atoms with E-state index < -0.39 is 0 Å². The van der Waals surface area contributed by atoms with Gasteiger partial charge in [-0.15, -0.1) is 0 Å². The van der Waals surface area contributed by atoms with Crippen LogP contribution in [0.3, 0.4) is 0 Å². The zero-order valence-corrected chi connectivity index (χ0v) is 12.9.